The molecule has 128 valence electrons. The molecule has 1 aromatic carbocycles. The molecule has 1 N–H and O–H groups in total. The number of benzene rings is 1. The highest BCUT2D eigenvalue weighted by atomic mass is 79.9. The number of amides is 1. The van der Waals surface area contributed by atoms with Crippen LogP contribution in [0.2, 0.25) is 0 Å². The van der Waals surface area contributed by atoms with Crippen LogP contribution in [0.3, 0.4) is 0 Å². The fourth-order valence-corrected chi connectivity index (χ4v) is 3.26. The van der Waals surface area contributed by atoms with E-state index in [-0.39, 0.29) is 24.3 Å². The molecule has 1 aliphatic rings. The van der Waals surface area contributed by atoms with Crippen molar-refractivity contribution in [1.82, 2.24) is 19.4 Å². The quantitative estimate of drug-likeness (QED) is 0.719. The number of nitrogens with zero attached hydrogens (tertiary/aromatic N) is 3. The molecule has 0 radical (unpaired) electrons. The fraction of sp³-hybridized carbons (Fsp3) is 0.235. The smallest absolute Gasteiger partial charge is 0.335 e. The highest BCUT2D eigenvalue weighted by molar-refractivity contribution is 9.10. The molecule has 0 bridgehead atoms. The van der Waals surface area contributed by atoms with Crippen molar-refractivity contribution >= 4 is 33.0 Å². The normalized spacial score (nSPS) is 17.6. The van der Waals surface area contributed by atoms with Gasteiger partial charge in [0.1, 0.15) is 6.61 Å². The third-order valence-electron chi connectivity index (χ3n) is 4.12. The van der Waals surface area contributed by atoms with Crippen molar-refractivity contribution in [1.29, 1.82) is 0 Å². The molecule has 3 heterocycles. The topological polar surface area (TPSA) is 78.2 Å². The summed E-state index contributed by atoms with van der Waals surface area (Å²) in [7, 11) is 0. The van der Waals surface area contributed by atoms with Crippen molar-refractivity contribution in [2.45, 2.75) is 12.6 Å². The third-order valence-corrected chi connectivity index (χ3v) is 4.55. The fourth-order valence-electron chi connectivity index (χ4n) is 2.94. The van der Waals surface area contributed by atoms with Crippen LogP contribution >= 0.6 is 15.9 Å². The van der Waals surface area contributed by atoms with Crippen LogP contribution in [0.25, 0.3) is 16.9 Å². The first-order valence-corrected chi connectivity index (χ1v) is 8.63. The minimum atomic E-state index is -0.260. The predicted molar refractivity (Wildman–Crippen MR) is 95.8 cm³/mol. The first-order valence-electron chi connectivity index (χ1n) is 7.84. The molecule has 1 aliphatic heterocycles. The minimum Gasteiger partial charge on any atom is -0.365 e. The summed E-state index contributed by atoms with van der Waals surface area (Å²) in [5, 5.41) is 2.76. The van der Waals surface area contributed by atoms with Crippen molar-refractivity contribution in [3.05, 3.63) is 57.6 Å². The van der Waals surface area contributed by atoms with E-state index < -0.39 is 0 Å². The Kier molecular flexibility index (Phi) is 4.14. The molecule has 7 nitrogen and oxygen atoms in total. The van der Waals surface area contributed by atoms with E-state index in [1.807, 2.05) is 36.4 Å². The Hall–Kier alpha value is -2.45. The highest BCUT2D eigenvalue weighted by Crippen LogP contribution is 2.20. The second kappa shape index (κ2) is 6.45. The molecule has 0 saturated carbocycles. The van der Waals surface area contributed by atoms with Crippen LogP contribution in [0.4, 0.5) is 0 Å². The van der Waals surface area contributed by atoms with Gasteiger partial charge in [0.25, 0.3) is 0 Å². The average Bonchev–Trinajstić information content (AvgIpc) is 2.89. The van der Waals surface area contributed by atoms with Gasteiger partial charge in [0, 0.05) is 17.2 Å². The molecule has 1 saturated heterocycles. The van der Waals surface area contributed by atoms with Gasteiger partial charge < -0.3 is 10.1 Å². The van der Waals surface area contributed by atoms with Crippen LogP contribution in [0.1, 0.15) is 0 Å². The first kappa shape index (κ1) is 16.0. The minimum absolute atomic E-state index is 0.0126. The van der Waals surface area contributed by atoms with E-state index in [1.165, 1.54) is 0 Å². The molecule has 0 spiro atoms. The molecule has 2 aromatic heterocycles. The number of aromatic nitrogens is 3. The monoisotopic (exact) mass is 402 g/mol. The molecule has 4 rings (SSSR count). The Bertz CT molecular complexity index is 986. The predicted octanol–water partition coefficient (Wildman–Crippen LogP) is 1.46. The number of pyridine rings is 1. The Morgan fingerprint density at radius 1 is 1.28 bits per heavy atom. The molecule has 0 aliphatic carbocycles. The first-order chi connectivity index (χ1) is 12.1. The van der Waals surface area contributed by atoms with Crippen molar-refractivity contribution in [2.75, 3.05) is 13.2 Å². The molecule has 25 heavy (non-hydrogen) atoms. The summed E-state index contributed by atoms with van der Waals surface area (Å²) in [6.07, 6.45) is 1.41. The van der Waals surface area contributed by atoms with Gasteiger partial charge in [-0.25, -0.2) is 14.3 Å². The summed E-state index contributed by atoms with van der Waals surface area (Å²) >= 11 is 3.41. The van der Waals surface area contributed by atoms with Gasteiger partial charge in [0.2, 0.25) is 5.91 Å². The van der Waals surface area contributed by atoms with E-state index in [0.29, 0.717) is 24.3 Å². The lowest BCUT2D eigenvalue weighted by Gasteiger charge is -2.23. The summed E-state index contributed by atoms with van der Waals surface area (Å²) in [6, 6.07) is 11.3. The van der Waals surface area contributed by atoms with Gasteiger partial charge in [-0.15, -0.1) is 0 Å². The number of nitrogens with one attached hydrogen (secondary N) is 1. The highest BCUT2D eigenvalue weighted by Gasteiger charge is 2.23. The molecule has 1 unspecified atom stereocenters. The number of morpholine rings is 1. The number of rotatable bonds is 3. The van der Waals surface area contributed by atoms with E-state index in [0.717, 1.165) is 10.2 Å². The Balaban J connectivity index is 1.83. The van der Waals surface area contributed by atoms with Gasteiger partial charge in [-0.05, 0) is 34.1 Å². The summed E-state index contributed by atoms with van der Waals surface area (Å²) in [5.74, 6) is -0.139. The van der Waals surface area contributed by atoms with Gasteiger partial charge in [0.05, 0.1) is 23.9 Å². The van der Waals surface area contributed by atoms with Crippen molar-refractivity contribution < 1.29 is 9.53 Å². The van der Waals surface area contributed by atoms with Gasteiger partial charge in [-0.2, -0.15) is 0 Å². The van der Waals surface area contributed by atoms with Crippen LogP contribution in [0.5, 0.6) is 0 Å². The van der Waals surface area contributed by atoms with E-state index in [9.17, 15) is 9.59 Å². The summed E-state index contributed by atoms with van der Waals surface area (Å²) in [6.45, 7) is 0.733. The van der Waals surface area contributed by atoms with Crippen molar-refractivity contribution in [2.24, 2.45) is 0 Å². The number of imidazole rings is 1. The molecule has 1 fully saturated rings. The number of para-hydroxylation sites is 1. The standard InChI is InChI=1S/C17H15BrN4O3/c18-11-6-14-16(20-7-11)22(12-4-2-1-3-5-12)17(24)21(14)9-13-8-19-15(23)10-25-13/h1-7,13H,8-10H2,(H,19,23). The maximum Gasteiger partial charge on any atom is 0.335 e. The largest absolute Gasteiger partial charge is 0.365 e. The number of fused-ring (bicyclic) bond motifs is 1. The lowest BCUT2D eigenvalue weighted by molar-refractivity contribution is -0.133. The second-order valence-electron chi connectivity index (χ2n) is 5.80. The second-order valence-corrected chi connectivity index (χ2v) is 6.71. The van der Waals surface area contributed by atoms with E-state index in [4.69, 9.17) is 4.74 Å². The lowest BCUT2D eigenvalue weighted by atomic mass is 10.3. The van der Waals surface area contributed by atoms with Gasteiger partial charge in [-0.3, -0.25) is 9.36 Å². The van der Waals surface area contributed by atoms with Crippen molar-refractivity contribution in [3.8, 4) is 5.69 Å². The molecule has 3 aromatic rings. The van der Waals surface area contributed by atoms with Crippen LogP contribution in [-0.2, 0) is 16.1 Å². The maximum atomic E-state index is 13.1. The van der Waals surface area contributed by atoms with Crippen LogP contribution < -0.4 is 11.0 Å². The maximum absolute atomic E-state index is 13.1. The lowest BCUT2D eigenvalue weighted by Crippen LogP contribution is -2.45. The van der Waals surface area contributed by atoms with Gasteiger partial charge in [0.15, 0.2) is 5.65 Å². The van der Waals surface area contributed by atoms with Gasteiger partial charge >= 0.3 is 5.69 Å². The van der Waals surface area contributed by atoms with Crippen molar-refractivity contribution in [3.63, 3.8) is 0 Å². The molecular weight excluding hydrogens is 388 g/mol. The number of carbonyl (C=O) groups is 1. The zero-order chi connectivity index (χ0) is 17.4. The van der Waals surface area contributed by atoms with E-state index >= 15 is 0 Å². The third kappa shape index (κ3) is 2.98. The van der Waals surface area contributed by atoms with E-state index in [1.54, 1.807) is 15.3 Å². The summed E-state index contributed by atoms with van der Waals surface area (Å²) in [5.41, 5.74) is 1.86. The summed E-state index contributed by atoms with van der Waals surface area (Å²) in [4.78, 5) is 28.7. The number of halogens is 1. The van der Waals surface area contributed by atoms with Crippen LogP contribution in [0, 0.1) is 0 Å². The number of hydrogen-bond donors (Lipinski definition) is 1. The van der Waals surface area contributed by atoms with Crippen LogP contribution in [-0.4, -0.2) is 39.3 Å². The summed E-state index contributed by atoms with van der Waals surface area (Å²) < 4.78 is 9.55. The average molecular weight is 403 g/mol. The van der Waals surface area contributed by atoms with Gasteiger partial charge in [-0.1, -0.05) is 18.2 Å². The zero-order valence-corrected chi connectivity index (χ0v) is 14.8. The SMILES string of the molecule is O=C1COC(Cn2c(=O)n(-c3ccccc3)c3ncc(Br)cc32)CN1. The molecule has 1 atom stereocenters. The number of ether oxygens (including phenoxy) is 1. The number of hydrogen-bond acceptors (Lipinski definition) is 4. The molecule has 8 heteroatoms. The number of carbonyl (C=O) groups excluding carboxylic acids is 1. The van der Waals surface area contributed by atoms with Crippen LogP contribution in [0.15, 0.2) is 51.9 Å². The zero-order valence-electron chi connectivity index (χ0n) is 13.2. The molecular formula is C17H15BrN4O3. The molecule has 1 amide bonds. The Morgan fingerprint density at radius 2 is 2.08 bits per heavy atom. The van der Waals surface area contributed by atoms with E-state index in [2.05, 4.69) is 26.2 Å². The Morgan fingerprint density at radius 3 is 2.80 bits per heavy atom. The Labute approximate surface area is 151 Å².